The lowest BCUT2D eigenvalue weighted by atomic mass is 10.0. The van der Waals surface area contributed by atoms with Crippen molar-refractivity contribution in [2.24, 2.45) is 7.05 Å². The van der Waals surface area contributed by atoms with Gasteiger partial charge in [-0.05, 0) is 24.3 Å². The van der Waals surface area contributed by atoms with Crippen LogP contribution >= 0.6 is 0 Å². The number of aromatic nitrogens is 4. The van der Waals surface area contributed by atoms with E-state index in [4.69, 9.17) is 4.52 Å². The second-order valence-electron chi connectivity index (χ2n) is 7.17. The highest BCUT2D eigenvalue weighted by Crippen LogP contribution is 2.30. The molecule has 1 amide bonds. The van der Waals surface area contributed by atoms with Crippen LogP contribution in [0.15, 0.2) is 59.1 Å². The monoisotopic (exact) mass is 403 g/mol. The molecule has 0 fully saturated rings. The Kier molecular flexibility index (Phi) is 4.39. The van der Waals surface area contributed by atoms with Crippen molar-refractivity contribution in [1.82, 2.24) is 24.8 Å². The molecule has 1 aliphatic rings. The largest absolute Gasteiger partial charge is 0.334 e. The fourth-order valence-corrected chi connectivity index (χ4v) is 3.77. The van der Waals surface area contributed by atoms with Crippen molar-refractivity contribution in [2.75, 3.05) is 6.54 Å². The minimum absolute atomic E-state index is 0.0259. The van der Waals surface area contributed by atoms with E-state index in [-0.39, 0.29) is 23.4 Å². The third-order valence-corrected chi connectivity index (χ3v) is 5.26. The predicted octanol–water partition coefficient (Wildman–Crippen LogP) is 3.47. The Balaban J connectivity index is 1.47. The molecule has 0 saturated heterocycles. The van der Waals surface area contributed by atoms with E-state index >= 15 is 0 Å². The van der Waals surface area contributed by atoms with E-state index < -0.39 is 0 Å². The minimum atomic E-state index is -0.371. The highest BCUT2D eigenvalue weighted by atomic mass is 19.1. The summed E-state index contributed by atoms with van der Waals surface area (Å²) in [4.78, 5) is 19.1. The van der Waals surface area contributed by atoms with Crippen LogP contribution in [-0.4, -0.2) is 37.3 Å². The molecule has 5 rings (SSSR count). The Bertz CT molecular complexity index is 1230. The van der Waals surface area contributed by atoms with Gasteiger partial charge in [-0.2, -0.15) is 10.1 Å². The number of aryl methyl sites for hydroxylation is 1. The smallest absolute Gasteiger partial charge is 0.279 e. The van der Waals surface area contributed by atoms with Crippen LogP contribution in [0.2, 0.25) is 0 Å². The Morgan fingerprint density at radius 2 is 1.97 bits per heavy atom. The van der Waals surface area contributed by atoms with Gasteiger partial charge in [-0.15, -0.1) is 0 Å². The number of nitrogens with zero attached hydrogens (tertiary/aromatic N) is 5. The van der Waals surface area contributed by atoms with Gasteiger partial charge in [0.05, 0.1) is 6.54 Å². The molecule has 30 heavy (non-hydrogen) atoms. The van der Waals surface area contributed by atoms with E-state index in [1.807, 2.05) is 37.4 Å². The minimum Gasteiger partial charge on any atom is -0.334 e. The zero-order valence-electron chi connectivity index (χ0n) is 16.2. The van der Waals surface area contributed by atoms with Crippen molar-refractivity contribution >= 4 is 5.91 Å². The summed E-state index contributed by atoms with van der Waals surface area (Å²) in [5.74, 6) is 0.142. The second kappa shape index (κ2) is 7.22. The number of fused-ring (bicyclic) bond motifs is 1. The maximum atomic E-state index is 13.5. The second-order valence-corrected chi connectivity index (χ2v) is 7.17. The summed E-state index contributed by atoms with van der Waals surface area (Å²) in [7, 11) is 1.86. The highest BCUT2D eigenvalue weighted by Gasteiger charge is 2.30. The maximum absolute atomic E-state index is 13.5. The van der Waals surface area contributed by atoms with Crippen LogP contribution in [0.4, 0.5) is 4.39 Å². The summed E-state index contributed by atoms with van der Waals surface area (Å²) in [6, 6.07) is 15.2. The molecule has 0 N–H and O–H groups in total. The maximum Gasteiger partial charge on any atom is 0.279 e. The highest BCUT2D eigenvalue weighted by molar-refractivity contribution is 5.94. The van der Waals surface area contributed by atoms with Crippen molar-refractivity contribution < 1.29 is 13.7 Å². The first kappa shape index (κ1) is 18.2. The van der Waals surface area contributed by atoms with E-state index in [9.17, 15) is 9.18 Å². The number of amides is 1. The van der Waals surface area contributed by atoms with Gasteiger partial charge >= 0.3 is 0 Å². The number of hydrogen-bond acceptors (Lipinski definition) is 5. The van der Waals surface area contributed by atoms with Crippen LogP contribution < -0.4 is 0 Å². The van der Waals surface area contributed by atoms with Crippen molar-refractivity contribution in [3.05, 3.63) is 77.2 Å². The van der Waals surface area contributed by atoms with Crippen LogP contribution in [-0.2, 0) is 20.0 Å². The fraction of sp³-hybridized carbons (Fsp3) is 0.182. The summed E-state index contributed by atoms with van der Waals surface area (Å²) >= 11 is 0. The molecule has 0 radical (unpaired) electrons. The first-order chi connectivity index (χ1) is 14.6. The molecule has 0 bridgehead atoms. The molecule has 0 spiro atoms. The van der Waals surface area contributed by atoms with Crippen LogP contribution in [0.5, 0.6) is 0 Å². The Morgan fingerprint density at radius 1 is 1.13 bits per heavy atom. The Labute approximate surface area is 171 Å². The van der Waals surface area contributed by atoms with Crippen molar-refractivity contribution in [3.63, 3.8) is 0 Å². The SMILES string of the molecule is Cn1nc(-c2nc(-c3cccc(F)c3)no2)c2c1CCN(C(=O)c1ccccc1)C2. The van der Waals surface area contributed by atoms with Crippen LogP contribution in [0, 0.1) is 5.82 Å². The van der Waals surface area contributed by atoms with E-state index in [0.717, 1.165) is 11.3 Å². The lowest BCUT2D eigenvalue weighted by Crippen LogP contribution is -2.36. The van der Waals surface area contributed by atoms with Gasteiger partial charge in [0.1, 0.15) is 5.82 Å². The van der Waals surface area contributed by atoms with E-state index in [0.29, 0.717) is 36.3 Å². The average molecular weight is 403 g/mol. The predicted molar refractivity (Wildman–Crippen MR) is 107 cm³/mol. The van der Waals surface area contributed by atoms with Gasteiger partial charge in [0.15, 0.2) is 5.69 Å². The summed E-state index contributed by atoms with van der Waals surface area (Å²) in [6.45, 7) is 1.02. The molecule has 0 saturated carbocycles. The van der Waals surface area contributed by atoms with Crippen molar-refractivity contribution in [1.29, 1.82) is 0 Å². The Morgan fingerprint density at radius 3 is 2.77 bits per heavy atom. The first-order valence-electron chi connectivity index (χ1n) is 9.59. The van der Waals surface area contributed by atoms with Crippen LogP contribution in [0.1, 0.15) is 21.6 Å². The number of rotatable bonds is 3. The van der Waals surface area contributed by atoms with Crippen molar-refractivity contribution in [2.45, 2.75) is 13.0 Å². The third kappa shape index (κ3) is 3.16. The topological polar surface area (TPSA) is 77.1 Å². The van der Waals surface area contributed by atoms with Gasteiger partial charge in [-0.25, -0.2) is 4.39 Å². The number of carbonyl (C=O) groups excluding carboxylic acids is 1. The number of carbonyl (C=O) groups is 1. The molecule has 3 heterocycles. The molecule has 8 heteroatoms. The molecule has 0 unspecified atom stereocenters. The lowest BCUT2D eigenvalue weighted by molar-refractivity contribution is 0.0733. The lowest BCUT2D eigenvalue weighted by Gasteiger charge is -2.27. The molecule has 7 nitrogen and oxygen atoms in total. The third-order valence-electron chi connectivity index (χ3n) is 5.26. The summed E-state index contributed by atoms with van der Waals surface area (Å²) < 4.78 is 20.8. The van der Waals surface area contributed by atoms with Crippen LogP contribution in [0.25, 0.3) is 23.0 Å². The molecular formula is C22H18FN5O2. The molecule has 4 aromatic rings. The molecule has 0 atom stereocenters. The van der Waals surface area contributed by atoms with Gasteiger partial charge in [0.25, 0.3) is 11.8 Å². The summed E-state index contributed by atoms with van der Waals surface area (Å²) in [5.41, 5.74) is 3.65. The van der Waals surface area contributed by atoms with Gasteiger partial charge in [-0.3, -0.25) is 9.48 Å². The summed E-state index contributed by atoms with van der Waals surface area (Å²) in [5, 5.41) is 8.54. The number of halogens is 1. The zero-order chi connectivity index (χ0) is 20.7. The molecule has 2 aromatic heterocycles. The van der Waals surface area contributed by atoms with Crippen molar-refractivity contribution in [3.8, 4) is 23.0 Å². The van der Waals surface area contributed by atoms with E-state index in [1.54, 1.807) is 21.7 Å². The molecule has 0 aliphatic carbocycles. The van der Waals surface area contributed by atoms with Crippen LogP contribution in [0.3, 0.4) is 0 Å². The van der Waals surface area contributed by atoms with E-state index in [1.165, 1.54) is 12.1 Å². The zero-order valence-corrected chi connectivity index (χ0v) is 16.2. The van der Waals surface area contributed by atoms with E-state index in [2.05, 4.69) is 15.2 Å². The molecule has 1 aliphatic heterocycles. The van der Waals surface area contributed by atoms with Gasteiger partial charge < -0.3 is 9.42 Å². The Hall–Kier alpha value is -3.81. The molecule has 2 aromatic carbocycles. The normalized spacial score (nSPS) is 13.3. The number of benzene rings is 2. The summed E-state index contributed by atoms with van der Waals surface area (Å²) in [6.07, 6.45) is 0.683. The van der Waals surface area contributed by atoms with Gasteiger partial charge in [-0.1, -0.05) is 35.5 Å². The first-order valence-corrected chi connectivity index (χ1v) is 9.59. The quantitative estimate of drug-likeness (QED) is 0.523. The molecule has 150 valence electrons. The van der Waals surface area contributed by atoms with Gasteiger partial charge in [0, 0.05) is 42.4 Å². The van der Waals surface area contributed by atoms with Gasteiger partial charge in [0.2, 0.25) is 5.82 Å². The standard InChI is InChI=1S/C22H18FN5O2/c1-27-18-10-11-28(22(29)14-6-3-2-4-7-14)13-17(18)19(25-27)21-24-20(26-30-21)15-8-5-9-16(23)12-15/h2-9,12H,10-11,13H2,1H3. The molecular weight excluding hydrogens is 385 g/mol. The average Bonchev–Trinajstić information content (AvgIpc) is 3.39. The number of hydrogen-bond donors (Lipinski definition) is 0. The fourth-order valence-electron chi connectivity index (χ4n) is 3.77.